The molecule has 1 unspecified atom stereocenters. The van der Waals surface area contributed by atoms with Crippen molar-refractivity contribution in [2.24, 2.45) is 0 Å². The van der Waals surface area contributed by atoms with Gasteiger partial charge in [0.25, 0.3) is 0 Å². The summed E-state index contributed by atoms with van der Waals surface area (Å²) in [7, 11) is 0. The first-order valence-corrected chi connectivity index (χ1v) is 5.83. The molecular formula is C14H15F2NO. The molecule has 0 saturated carbocycles. The van der Waals surface area contributed by atoms with Crippen molar-refractivity contribution >= 4 is 0 Å². The fraction of sp³-hybridized carbons (Fsp3) is 0.286. The predicted molar refractivity (Wildman–Crippen MR) is 65.0 cm³/mol. The van der Waals surface area contributed by atoms with Gasteiger partial charge in [-0.3, -0.25) is 0 Å². The van der Waals surface area contributed by atoms with Crippen molar-refractivity contribution in [2.45, 2.75) is 25.9 Å². The van der Waals surface area contributed by atoms with Crippen molar-refractivity contribution in [1.29, 1.82) is 0 Å². The molecule has 0 aliphatic rings. The Morgan fingerprint density at radius 2 is 1.83 bits per heavy atom. The summed E-state index contributed by atoms with van der Waals surface area (Å²) < 4.78 is 32.0. The van der Waals surface area contributed by atoms with Crippen LogP contribution in [0, 0.1) is 11.6 Å². The summed E-state index contributed by atoms with van der Waals surface area (Å²) in [6.45, 7) is 3.70. The normalized spacial score (nSPS) is 14.4. The van der Waals surface area contributed by atoms with Crippen LogP contribution in [0.1, 0.15) is 37.3 Å². The van der Waals surface area contributed by atoms with Gasteiger partial charge in [0.05, 0.1) is 12.3 Å². The number of halogens is 2. The van der Waals surface area contributed by atoms with Gasteiger partial charge < -0.3 is 9.73 Å². The van der Waals surface area contributed by atoms with Gasteiger partial charge >= 0.3 is 0 Å². The number of benzene rings is 1. The molecule has 0 spiro atoms. The third-order valence-electron chi connectivity index (χ3n) is 2.92. The summed E-state index contributed by atoms with van der Waals surface area (Å²) in [5.41, 5.74) is 0.313. The molecule has 0 bridgehead atoms. The highest BCUT2D eigenvalue weighted by atomic mass is 19.2. The molecule has 0 saturated heterocycles. The van der Waals surface area contributed by atoms with Crippen molar-refractivity contribution in [3.8, 4) is 0 Å². The number of rotatable bonds is 4. The molecule has 4 heteroatoms. The van der Waals surface area contributed by atoms with Gasteiger partial charge in [-0.05, 0) is 32.0 Å². The minimum absolute atomic E-state index is 0.0716. The molecule has 0 fully saturated rings. The van der Waals surface area contributed by atoms with E-state index in [4.69, 9.17) is 4.42 Å². The van der Waals surface area contributed by atoms with Crippen LogP contribution < -0.4 is 5.32 Å². The zero-order chi connectivity index (χ0) is 13.1. The van der Waals surface area contributed by atoms with Crippen LogP contribution in [0.2, 0.25) is 0 Å². The number of nitrogens with one attached hydrogen (secondary N) is 1. The van der Waals surface area contributed by atoms with Crippen molar-refractivity contribution in [2.75, 3.05) is 0 Å². The van der Waals surface area contributed by atoms with Gasteiger partial charge in [0.1, 0.15) is 5.76 Å². The summed E-state index contributed by atoms with van der Waals surface area (Å²) in [5, 5.41) is 3.17. The van der Waals surface area contributed by atoms with E-state index in [0.29, 0.717) is 5.56 Å². The first-order valence-electron chi connectivity index (χ1n) is 5.83. The standard InChI is InChI=1S/C14H15F2NO/c1-9(11-5-3-6-12(15)14(11)16)17-10(2)13-7-4-8-18-13/h3-10,17H,1-2H3/t9?,10-/m0/s1. The lowest BCUT2D eigenvalue weighted by Crippen LogP contribution is -2.23. The van der Waals surface area contributed by atoms with E-state index in [-0.39, 0.29) is 12.1 Å². The van der Waals surface area contributed by atoms with Crippen LogP contribution in [-0.4, -0.2) is 0 Å². The Bertz CT molecular complexity index is 511. The summed E-state index contributed by atoms with van der Waals surface area (Å²) in [4.78, 5) is 0. The summed E-state index contributed by atoms with van der Waals surface area (Å²) in [6.07, 6.45) is 1.58. The average Bonchev–Trinajstić information content (AvgIpc) is 2.86. The van der Waals surface area contributed by atoms with Gasteiger partial charge in [-0.15, -0.1) is 0 Å². The quantitative estimate of drug-likeness (QED) is 0.889. The molecular weight excluding hydrogens is 236 g/mol. The molecule has 96 valence electrons. The van der Waals surface area contributed by atoms with Crippen molar-refractivity contribution in [3.05, 3.63) is 59.6 Å². The van der Waals surface area contributed by atoms with Crippen molar-refractivity contribution in [3.63, 3.8) is 0 Å². The first kappa shape index (κ1) is 12.8. The summed E-state index contributed by atoms with van der Waals surface area (Å²) in [6, 6.07) is 7.45. The minimum atomic E-state index is -0.827. The van der Waals surface area contributed by atoms with Gasteiger partial charge in [0.2, 0.25) is 0 Å². The fourth-order valence-electron chi connectivity index (χ4n) is 1.94. The van der Waals surface area contributed by atoms with Crippen LogP contribution in [-0.2, 0) is 0 Å². The van der Waals surface area contributed by atoms with Crippen LogP contribution in [0.4, 0.5) is 8.78 Å². The largest absolute Gasteiger partial charge is 0.468 e. The Balaban J connectivity index is 2.12. The first-order chi connectivity index (χ1) is 8.59. The summed E-state index contributed by atoms with van der Waals surface area (Å²) >= 11 is 0. The minimum Gasteiger partial charge on any atom is -0.468 e. The third-order valence-corrected chi connectivity index (χ3v) is 2.92. The molecule has 0 aliphatic heterocycles. The fourth-order valence-corrected chi connectivity index (χ4v) is 1.94. The maximum absolute atomic E-state index is 13.6. The molecule has 1 N–H and O–H groups in total. The lowest BCUT2D eigenvalue weighted by atomic mass is 10.1. The van der Waals surface area contributed by atoms with E-state index in [1.54, 1.807) is 25.3 Å². The van der Waals surface area contributed by atoms with E-state index in [1.165, 1.54) is 6.07 Å². The van der Waals surface area contributed by atoms with Crippen LogP contribution in [0.5, 0.6) is 0 Å². The molecule has 1 aromatic heterocycles. The van der Waals surface area contributed by atoms with E-state index in [2.05, 4.69) is 5.32 Å². The number of hydrogen-bond donors (Lipinski definition) is 1. The molecule has 2 rings (SSSR count). The second-order valence-electron chi connectivity index (χ2n) is 4.27. The predicted octanol–water partition coefficient (Wildman–Crippen LogP) is 3.97. The van der Waals surface area contributed by atoms with E-state index >= 15 is 0 Å². The molecule has 1 heterocycles. The van der Waals surface area contributed by atoms with Gasteiger partial charge in [0.15, 0.2) is 11.6 Å². The van der Waals surface area contributed by atoms with Gasteiger partial charge in [-0.1, -0.05) is 12.1 Å². The maximum atomic E-state index is 13.6. The van der Waals surface area contributed by atoms with E-state index in [1.807, 2.05) is 13.0 Å². The molecule has 0 amide bonds. The second-order valence-corrected chi connectivity index (χ2v) is 4.27. The number of hydrogen-bond acceptors (Lipinski definition) is 2. The highest BCUT2D eigenvalue weighted by Crippen LogP contribution is 2.22. The maximum Gasteiger partial charge on any atom is 0.163 e. The average molecular weight is 251 g/mol. The van der Waals surface area contributed by atoms with Gasteiger partial charge in [-0.25, -0.2) is 8.78 Å². The zero-order valence-electron chi connectivity index (χ0n) is 10.3. The third kappa shape index (κ3) is 2.59. The molecule has 2 atom stereocenters. The van der Waals surface area contributed by atoms with Crippen molar-refractivity contribution in [1.82, 2.24) is 5.32 Å². The van der Waals surface area contributed by atoms with Crippen molar-refractivity contribution < 1.29 is 13.2 Å². The van der Waals surface area contributed by atoms with Crippen LogP contribution >= 0.6 is 0 Å². The lowest BCUT2D eigenvalue weighted by molar-refractivity contribution is 0.393. The molecule has 2 nitrogen and oxygen atoms in total. The molecule has 18 heavy (non-hydrogen) atoms. The molecule has 0 radical (unpaired) electrons. The van der Waals surface area contributed by atoms with Crippen LogP contribution in [0.15, 0.2) is 41.0 Å². The van der Waals surface area contributed by atoms with Crippen LogP contribution in [0.25, 0.3) is 0 Å². The lowest BCUT2D eigenvalue weighted by Gasteiger charge is -2.19. The Kier molecular flexibility index (Phi) is 3.77. The van der Waals surface area contributed by atoms with Crippen LogP contribution in [0.3, 0.4) is 0 Å². The number of furan rings is 1. The Hall–Kier alpha value is -1.68. The van der Waals surface area contributed by atoms with Gasteiger partial charge in [0, 0.05) is 11.6 Å². The topological polar surface area (TPSA) is 25.2 Å². The summed E-state index contributed by atoms with van der Waals surface area (Å²) in [5.74, 6) is -0.866. The molecule has 1 aromatic carbocycles. The SMILES string of the molecule is CC(N[C@@H](C)c1ccco1)c1cccc(F)c1F. The Morgan fingerprint density at radius 1 is 1.06 bits per heavy atom. The Morgan fingerprint density at radius 3 is 2.50 bits per heavy atom. The van der Waals surface area contributed by atoms with E-state index in [9.17, 15) is 8.78 Å². The highest BCUT2D eigenvalue weighted by molar-refractivity contribution is 5.22. The highest BCUT2D eigenvalue weighted by Gasteiger charge is 2.17. The van der Waals surface area contributed by atoms with E-state index < -0.39 is 11.6 Å². The smallest absolute Gasteiger partial charge is 0.163 e. The monoisotopic (exact) mass is 251 g/mol. The Labute approximate surface area is 105 Å². The second kappa shape index (κ2) is 5.31. The van der Waals surface area contributed by atoms with Gasteiger partial charge in [-0.2, -0.15) is 0 Å². The zero-order valence-corrected chi connectivity index (χ0v) is 10.3. The molecule has 2 aromatic rings. The van der Waals surface area contributed by atoms with E-state index in [0.717, 1.165) is 11.8 Å². The molecule has 0 aliphatic carbocycles.